The number of carbonyl (C=O) groups is 2. The van der Waals surface area contributed by atoms with Crippen LogP contribution in [0.3, 0.4) is 0 Å². The van der Waals surface area contributed by atoms with Crippen LogP contribution in [-0.2, 0) is 4.79 Å². The molecule has 1 aliphatic carbocycles. The van der Waals surface area contributed by atoms with Crippen molar-refractivity contribution in [2.75, 3.05) is 42.5 Å². The maximum atomic E-state index is 14.4. The van der Waals surface area contributed by atoms with Crippen LogP contribution in [0.4, 0.5) is 21.6 Å². The summed E-state index contributed by atoms with van der Waals surface area (Å²) in [7, 11) is 0. The molecule has 7 rings (SSSR count). The molecule has 1 N–H and O–H groups in total. The summed E-state index contributed by atoms with van der Waals surface area (Å²) in [6.45, 7) is 13.2. The van der Waals surface area contributed by atoms with Gasteiger partial charge in [-0.2, -0.15) is 0 Å². The third-order valence-electron chi connectivity index (χ3n) is 9.36. The van der Waals surface area contributed by atoms with Gasteiger partial charge in [-0.3, -0.25) is 9.59 Å². The number of nitrogens with zero attached hydrogens (tertiary/aromatic N) is 6. The number of hydrogen-bond acceptors (Lipinski definition) is 7. The van der Waals surface area contributed by atoms with Crippen LogP contribution in [-0.4, -0.2) is 88.5 Å². The Morgan fingerprint density at radius 2 is 2.00 bits per heavy atom. The van der Waals surface area contributed by atoms with Gasteiger partial charge < -0.3 is 24.9 Å². The number of nitrogens with one attached hydrogen (secondary N) is 1. The van der Waals surface area contributed by atoms with E-state index >= 15 is 0 Å². The highest BCUT2D eigenvalue weighted by molar-refractivity contribution is 6.01. The van der Waals surface area contributed by atoms with Gasteiger partial charge in [0.1, 0.15) is 17.8 Å². The SMILES string of the molecule is C=C1C[C@@H]2CCC1[C@@H](C(=O)N1CC[C@H](N3CCN(c4ccc(F)cc4C(=O)N(CC)C(C)C)c4cncnc43)C1)N2. The van der Waals surface area contributed by atoms with Crippen LogP contribution in [0, 0.1) is 11.7 Å². The monoisotopic (exact) mass is 561 g/mol. The molecule has 1 saturated carbocycles. The Hall–Kier alpha value is -3.53. The zero-order valence-electron chi connectivity index (χ0n) is 24.2. The Morgan fingerprint density at radius 3 is 2.73 bits per heavy atom. The molecule has 1 aromatic carbocycles. The molecule has 9 nitrogen and oxygen atoms in total. The van der Waals surface area contributed by atoms with Crippen molar-refractivity contribution < 1.29 is 14.0 Å². The predicted molar refractivity (Wildman–Crippen MR) is 157 cm³/mol. The van der Waals surface area contributed by atoms with E-state index in [9.17, 15) is 14.0 Å². The second kappa shape index (κ2) is 11.0. The molecule has 4 aliphatic heterocycles. The van der Waals surface area contributed by atoms with E-state index in [1.165, 1.54) is 24.0 Å². The molecule has 0 spiro atoms. The third kappa shape index (κ3) is 4.96. The number of rotatable bonds is 6. The minimum absolute atomic E-state index is 0.0128. The van der Waals surface area contributed by atoms with Crippen molar-refractivity contribution in [1.29, 1.82) is 0 Å². The van der Waals surface area contributed by atoms with Crippen LogP contribution in [0.5, 0.6) is 0 Å². The molecule has 0 radical (unpaired) electrons. The van der Waals surface area contributed by atoms with E-state index in [0.29, 0.717) is 50.0 Å². The Morgan fingerprint density at radius 1 is 1.17 bits per heavy atom. The number of fused-ring (bicyclic) bond motifs is 4. The van der Waals surface area contributed by atoms with Gasteiger partial charge in [-0.25, -0.2) is 14.4 Å². The van der Waals surface area contributed by atoms with Crippen LogP contribution in [0.15, 0.2) is 42.9 Å². The lowest BCUT2D eigenvalue weighted by molar-refractivity contribution is -0.135. The molecule has 3 saturated heterocycles. The van der Waals surface area contributed by atoms with E-state index in [4.69, 9.17) is 0 Å². The minimum Gasteiger partial charge on any atom is -0.348 e. The third-order valence-corrected chi connectivity index (χ3v) is 9.36. The molecule has 41 heavy (non-hydrogen) atoms. The van der Waals surface area contributed by atoms with Crippen LogP contribution in [0.2, 0.25) is 0 Å². The second-order valence-corrected chi connectivity index (χ2v) is 12.0. The van der Waals surface area contributed by atoms with E-state index in [1.807, 2.05) is 30.6 Å². The first kappa shape index (κ1) is 27.6. The lowest BCUT2D eigenvalue weighted by Crippen LogP contribution is -2.60. The number of aromatic nitrogens is 2. The molecule has 5 heterocycles. The van der Waals surface area contributed by atoms with Gasteiger partial charge in [0.15, 0.2) is 5.82 Å². The standard InChI is InChI=1S/C31H40FN7O2/c1-5-37(19(2)3)30(40)25-15-21(32)6-9-26(25)39-13-12-38(29-27(39)16-33-18-34-29)23-10-11-36(17-23)31(41)28-24-8-7-22(35-28)14-20(24)4/h6,9,15-16,18-19,22-24,28,35H,4-5,7-8,10-14,17H2,1-3H3/t22-,23-,24?,28-/m0/s1. The first-order chi connectivity index (χ1) is 19.8. The number of anilines is 3. The first-order valence-corrected chi connectivity index (χ1v) is 14.9. The number of benzene rings is 1. The lowest BCUT2D eigenvalue weighted by Gasteiger charge is -2.45. The molecule has 4 atom stereocenters. The van der Waals surface area contributed by atoms with Crippen LogP contribution >= 0.6 is 0 Å². The molecule has 2 aromatic rings. The summed E-state index contributed by atoms with van der Waals surface area (Å²) in [5, 5.41) is 3.58. The van der Waals surface area contributed by atoms with Gasteiger partial charge in [-0.1, -0.05) is 12.2 Å². The molecule has 5 aliphatic rings. The number of amides is 2. The fourth-order valence-corrected chi connectivity index (χ4v) is 7.29. The van der Waals surface area contributed by atoms with Crippen LogP contribution in [0.1, 0.15) is 56.8 Å². The lowest BCUT2D eigenvalue weighted by atomic mass is 9.73. The van der Waals surface area contributed by atoms with E-state index < -0.39 is 5.82 Å². The van der Waals surface area contributed by atoms with Crippen molar-refractivity contribution in [3.63, 3.8) is 0 Å². The van der Waals surface area contributed by atoms with Gasteiger partial charge in [-0.05, 0) is 64.7 Å². The molecule has 2 amide bonds. The number of piperidine rings is 2. The summed E-state index contributed by atoms with van der Waals surface area (Å²) in [6, 6.07) is 4.73. The van der Waals surface area contributed by atoms with Crippen molar-refractivity contribution in [3.8, 4) is 0 Å². The number of hydrogen-bond donors (Lipinski definition) is 1. The normalized spacial score (nSPS) is 25.6. The highest BCUT2D eigenvalue weighted by atomic mass is 19.1. The zero-order chi connectivity index (χ0) is 28.8. The van der Waals surface area contributed by atoms with E-state index in [2.05, 4.69) is 26.8 Å². The van der Waals surface area contributed by atoms with Crippen LogP contribution in [0.25, 0.3) is 0 Å². The number of likely N-dealkylation sites (tertiary alicyclic amines) is 1. The molecule has 2 bridgehead atoms. The quantitative estimate of drug-likeness (QED) is 0.538. The minimum atomic E-state index is -0.444. The second-order valence-electron chi connectivity index (χ2n) is 12.0. The highest BCUT2D eigenvalue weighted by Crippen LogP contribution is 2.41. The fourth-order valence-electron chi connectivity index (χ4n) is 7.29. The highest BCUT2D eigenvalue weighted by Gasteiger charge is 2.44. The molecule has 1 unspecified atom stereocenters. The Balaban J connectivity index is 1.24. The maximum absolute atomic E-state index is 14.4. The molecule has 218 valence electrons. The van der Waals surface area contributed by atoms with Crippen molar-refractivity contribution in [1.82, 2.24) is 25.1 Å². The van der Waals surface area contributed by atoms with Crippen molar-refractivity contribution in [3.05, 3.63) is 54.3 Å². The van der Waals surface area contributed by atoms with Crippen molar-refractivity contribution in [2.24, 2.45) is 5.92 Å². The van der Waals surface area contributed by atoms with Crippen molar-refractivity contribution >= 4 is 29.0 Å². The molecule has 1 aromatic heterocycles. The van der Waals surface area contributed by atoms with Gasteiger partial charge in [0.25, 0.3) is 5.91 Å². The van der Waals surface area contributed by atoms with Gasteiger partial charge >= 0.3 is 0 Å². The average Bonchev–Trinajstić information content (AvgIpc) is 3.46. The fraction of sp³-hybridized carbons (Fsp3) is 0.548. The number of halogens is 1. The summed E-state index contributed by atoms with van der Waals surface area (Å²) in [4.78, 5) is 44.2. The topological polar surface area (TPSA) is 84.9 Å². The zero-order valence-corrected chi connectivity index (χ0v) is 24.2. The average molecular weight is 562 g/mol. The summed E-state index contributed by atoms with van der Waals surface area (Å²) in [5.74, 6) is 0.545. The largest absolute Gasteiger partial charge is 0.348 e. The summed E-state index contributed by atoms with van der Waals surface area (Å²) in [6.07, 6.45) is 7.29. The van der Waals surface area contributed by atoms with Crippen LogP contribution < -0.4 is 15.1 Å². The van der Waals surface area contributed by atoms with E-state index in [0.717, 1.165) is 37.2 Å². The van der Waals surface area contributed by atoms with Gasteiger partial charge in [0, 0.05) is 56.8 Å². The Bertz CT molecular complexity index is 1350. The van der Waals surface area contributed by atoms with Gasteiger partial charge in [0.2, 0.25) is 5.91 Å². The van der Waals surface area contributed by atoms with Crippen molar-refractivity contribution in [2.45, 2.75) is 70.6 Å². The van der Waals surface area contributed by atoms with Gasteiger partial charge in [0.05, 0.1) is 23.5 Å². The molecule has 4 fully saturated rings. The van der Waals surface area contributed by atoms with E-state index in [1.54, 1.807) is 17.2 Å². The predicted octanol–water partition coefficient (Wildman–Crippen LogP) is 3.74. The molecular formula is C31H40FN7O2. The number of carbonyl (C=O) groups excluding carboxylic acids is 2. The Labute approximate surface area is 241 Å². The molecular weight excluding hydrogens is 521 g/mol. The summed E-state index contributed by atoms with van der Waals surface area (Å²) in [5.41, 5.74) is 2.97. The Kier molecular flexibility index (Phi) is 7.44. The summed E-state index contributed by atoms with van der Waals surface area (Å²) < 4.78 is 14.4. The summed E-state index contributed by atoms with van der Waals surface area (Å²) >= 11 is 0. The van der Waals surface area contributed by atoms with E-state index in [-0.39, 0.29) is 35.9 Å². The first-order valence-electron chi connectivity index (χ1n) is 14.9. The molecule has 10 heteroatoms. The van der Waals surface area contributed by atoms with Gasteiger partial charge in [-0.15, -0.1) is 0 Å². The maximum Gasteiger partial charge on any atom is 0.256 e. The smallest absolute Gasteiger partial charge is 0.256 e.